The van der Waals surface area contributed by atoms with Gasteiger partial charge in [-0.15, -0.1) is 0 Å². The zero-order valence-electron chi connectivity index (χ0n) is 13.7. The van der Waals surface area contributed by atoms with E-state index in [1.165, 1.54) is 10.9 Å². The van der Waals surface area contributed by atoms with Crippen molar-refractivity contribution >= 4 is 16.8 Å². The first-order valence-corrected chi connectivity index (χ1v) is 7.78. The molecule has 2 aromatic rings. The van der Waals surface area contributed by atoms with Gasteiger partial charge in [-0.1, -0.05) is 26.0 Å². The van der Waals surface area contributed by atoms with Crippen molar-refractivity contribution in [3.8, 4) is 0 Å². The van der Waals surface area contributed by atoms with Crippen molar-refractivity contribution < 1.29 is 9.90 Å². The Bertz CT molecular complexity index is 752. The monoisotopic (exact) mass is 317 g/mol. The number of carbonyl (C=O) groups excluding carboxylic acids is 1. The van der Waals surface area contributed by atoms with Gasteiger partial charge in [0.2, 0.25) is 5.91 Å². The minimum atomic E-state index is -0.576. The quantitative estimate of drug-likeness (QED) is 0.839. The second kappa shape index (κ2) is 7.37. The maximum atomic E-state index is 12.4. The van der Waals surface area contributed by atoms with Crippen LogP contribution in [0.25, 0.3) is 10.9 Å². The van der Waals surface area contributed by atoms with Crippen LogP contribution >= 0.6 is 0 Å². The molecule has 1 heterocycles. The summed E-state index contributed by atoms with van der Waals surface area (Å²) < 4.78 is 1.28. The van der Waals surface area contributed by atoms with E-state index in [2.05, 4.69) is 10.3 Å². The summed E-state index contributed by atoms with van der Waals surface area (Å²) in [6.07, 6.45) is 1.44. The van der Waals surface area contributed by atoms with Crippen LogP contribution in [0.2, 0.25) is 0 Å². The lowest BCUT2D eigenvalue weighted by atomic mass is 10.1. The summed E-state index contributed by atoms with van der Waals surface area (Å²) in [4.78, 5) is 28.6. The number of aliphatic hydroxyl groups is 1. The average molecular weight is 317 g/mol. The molecule has 0 aliphatic carbocycles. The van der Waals surface area contributed by atoms with E-state index in [1.807, 2.05) is 26.8 Å². The third-order valence-electron chi connectivity index (χ3n) is 3.65. The maximum absolute atomic E-state index is 12.4. The zero-order chi connectivity index (χ0) is 17.0. The highest BCUT2D eigenvalue weighted by Crippen LogP contribution is 2.11. The lowest BCUT2D eigenvalue weighted by Gasteiger charge is -2.14. The smallest absolute Gasteiger partial charge is 0.261 e. The number of rotatable bonds is 6. The molecule has 124 valence electrons. The van der Waals surface area contributed by atoms with Gasteiger partial charge in [-0.3, -0.25) is 14.2 Å². The molecule has 23 heavy (non-hydrogen) atoms. The first-order chi connectivity index (χ1) is 10.9. The van der Waals surface area contributed by atoms with E-state index in [0.717, 1.165) is 5.56 Å². The van der Waals surface area contributed by atoms with E-state index < -0.39 is 6.10 Å². The molecule has 6 heteroatoms. The lowest BCUT2D eigenvalue weighted by molar-refractivity contribution is -0.122. The molecular weight excluding hydrogens is 294 g/mol. The van der Waals surface area contributed by atoms with Crippen molar-refractivity contribution in [2.45, 2.75) is 39.8 Å². The standard InChI is InChI=1S/C17H23N3O3/c1-11(2)7-13(21)8-18-15(22)9-20-10-19-16-12(3)5-4-6-14(16)17(20)23/h4-6,10-11,13,21H,7-9H2,1-3H3,(H,18,22). The SMILES string of the molecule is Cc1cccc2c(=O)n(CC(=O)NCC(O)CC(C)C)cnc12. The normalized spacial score (nSPS) is 12.6. The fraction of sp³-hybridized carbons (Fsp3) is 0.471. The molecule has 6 nitrogen and oxygen atoms in total. The Morgan fingerprint density at radius 1 is 1.39 bits per heavy atom. The fourth-order valence-electron chi connectivity index (χ4n) is 2.52. The van der Waals surface area contributed by atoms with Gasteiger partial charge in [-0.05, 0) is 30.9 Å². The number of nitrogens with one attached hydrogen (secondary N) is 1. The molecule has 0 radical (unpaired) electrons. The van der Waals surface area contributed by atoms with Crippen LogP contribution < -0.4 is 10.9 Å². The van der Waals surface area contributed by atoms with E-state index in [0.29, 0.717) is 23.2 Å². The summed E-state index contributed by atoms with van der Waals surface area (Å²) in [5.74, 6) is 0.0427. The van der Waals surface area contributed by atoms with Gasteiger partial charge in [0.1, 0.15) is 6.54 Å². The Labute approximate surface area is 135 Å². The number of fused-ring (bicyclic) bond motifs is 1. The molecule has 0 aliphatic rings. The molecule has 0 saturated carbocycles. The van der Waals surface area contributed by atoms with E-state index >= 15 is 0 Å². The van der Waals surface area contributed by atoms with Crippen molar-refractivity contribution in [2.75, 3.05) is 6.54 Å². The Balaban J connectivity index is 2.06. The van der Waals surface area contributed by atoms with Crippen LogP contribution in [0.1, 0.15) is 25.8 Å². The molecule has 0 spiro atoms. The van der Waals surface area contributed by atoms with Gasteiger partial charge >= 0.3 is 0 Å². The average Bonchev–Trinajstić information content (AvgIpc) is 2.48. The third-order valence-corrected chi connectivity index (χ3v) is 3.65. The molecule has 1 atom stereocenters. The van der Waals surface area contributed by atoms with Gasteiger partial charge in [0.05, 0.1) is 23.3 Å². The summed E-state index contributed by atoms with van der Waals surface area (Å²) in [5.41, 5.74) is 1.34. The highest BCUT2D eigenvalue weighted by molar-refractivity contribution is 5.81. The van der Waals surface area contributed by atoms with Gasteiger partial charge in [-0.2, -0.15) is 0 Å². The Hall–Kier alpha value is -2.21. The predicted molar refractivity (Wildman–Crippen MR) is 89.2 cm³/mol. The van der Waals surface area contributed by atoms with Crippen LogP contribution in [0.15, 0.2) is 29.3 Å². The summed E-state index contributed by atoms with van der Waals surface area (Å²) in [7, 11) is 0. The minimum Gasteiger partial charge on any atom is -0.391 e. The first kappa shape index (κ1) is 17.1. The molecule has 2 N–H and O–H groups in total. The predicted octanol–water partition coefficient (Wildman–Crippen LogP) is 1.23. The number of aryl methyl sites for hydroxylation is 1. The van der Waals surface area contributed by atoms with E-state index in [-0.39, 0.29) is 24.6 Å². The Morgan fingerprint density at radius 2 is 2.13 bits per heavy atom. The van der Waals surface area contributed by atoms with Gasteiger partial charge in [-0.25, -0.2) is 4.98 Å². The summed E-state index contributed by atoms with van der Waals surface area (Å²) in [6, 6.07) is 5.40. The Morgan fingerprint density at radius 3 is 2.83 bits per heavy atom. The van der Waals surface area contributed by atoms with Gasteiger partial charge < -0.3 is 10.4 Å². The second-order valence-electron chi connectivity index (χ2n) is 6.24. The van der Waals surface area contributed by atoms with E-state index in [4.69, 9.17) is 0 Å². The van der Waals surface area contributed by atoms with Crippen molar-refractivity contribution in [1.82, 2.24) is 14.9 Å². The van der Waals surface area contributed by atoms with E-state index in [9.17, 15) is 14.7 Å². The molecular formula is C17H23N3O3. The topological polar surface area (TPSA) is 84.2 Å². The second-order valence-corrected chi connectivity index (χ2v) is 6.24. The number of hydrogen-bond donors (Lipinski definition) is 2. The van der Waals surface area contributed by atoms with Crippen LogP contribution in [-0.2, 0) is 11.3 Å². The highest BCUT2D eigenvalue weighted by Gasteiger charge is 2.11. The van der Waals surface area contributed by atoms with Crippen molar-refractivity contribution in [3.63, 3.8) is 0 Å². The molecule has 1 unspecified atom stereocenters. The molecule has 1 amide bonds. The molecule has 0 fully saturated rings. The molecule has 0 saturated heterocycles. The minimum absolute atomic E-state index is 0.107. The van der Waals surface area contributed by atoms with Crippen LogP contribution in [0.3, 0.4) is 0 Å². The zero-order valence-corrected chi connectivity index (χ0v) is 13.7. The number of aromatic nitrogens is 2. The number of para-hydroxylation sites is 1. The molecule has 2 rings (SSSR count). The lowest BCUT2D eigenvalue weighted by Crippen LogP contribution is -2.37. The Kier molecular flexibility index (Phi) is 5.50. The fourth-order valence-corrected chi connectivity index (χ4v) is 2.52. The molecule has 1 aromatic heterocycles. The summed E-state index contributed by atoms with van der Waals surface area (Å²) in [6.45, 7) is 5.98. The third kappa shape index (κ3) is 4.39. The number of hydrogen-bond acceptors (Lipinski definition) is 4. The highest BCUT2D eigenvalue weighted by atomic mass is 16.3. The van der Waals surface area contributed by atoms with Crippen molar-refractivity contribution in [1.29, 1.82) is 0 Å². The molecule has 0 bridgehead atoms. The number of benzene rings is 1. The van der Waals surface area contributed by atoms with Gasteiger partial charge in [0, 0.05) is 6.54 Å². The number of nitrogens with zero attached hydrogens (tertiary/aromatic N) is 2. The largest absolute Gasteiger partial charge is 0.391 e. The summed E-state index contributed by atoms with van der Waals surface area (Å²) >= 11 is 0. The first-order valence-electron chi connectivity index (χ1n) is 7.78. The molecule has 1 aromatic carbocycles. The van der Waals surface area contributed by atoms with Crippen LogP contribution in [0.4, 0.5) is 0 Å². The van der Waals surface area contributed by atoms with Crippen LogP contribution in [-0.4, -0.2) is 33.2 Å². The number of amides is 1. The van der Waals surface area contributed by atoms with E-state index in [1.54, 1.807) is 12.1 Å². The number of aliphatic hydroxyl groups excluding tert-OH is 1. The van der Waals surface area contributed by atoms with Gasteiger partial charge in [0.25, 0.3) is 5.56 Å². The number of carbonyl (C=O) groups is 1. The summed E-state index contributed by atoms with van der Waals surface area (Å²) in [5, 5.41) is 12.9. The van der Waals surface area contributed by atoms with Crippen molar-refractivity contribution in [3.05, 3.63) is 40.4 Å². The van der Waals surface area contributed by atoms with Gasteiger partial charge in [0.15, 0.2) is 0 Å². The van der Waals surface area contributed by atoms with Crippen LogP contribution in [0, 0.1) is 12.8 Å². The molecule has 0 aliphatic heterocycles. The van der Waals surface area contributed by atoms with Crippen molar-refractivity contribution in [2.24, 2.45) is 5.92 Å². The maximum Gasteiger partial charge on any atom is 0.261 e. The van der Waals surface area contributed by atoms with Crippen LogP contribution in [0.5, 0.6) is 0 Å².